The Bertz CT molecular complexity index is 623. The maximum Gasteiger partial charge on any atom is 0.271 e. The summed E-state index contributed by atoms with van der Waals surface area (Å²) in [7, 11) is 0. The van der Waals surface area contributed by atoms with Crippen molar-refractivity contribution >= 4 is 17.6 Å². The van der Waals surface area contributed by atoms with Crippen molar-refractivity contribution in [3.63, 3.8) is 0 Å². The molecule has 0 saturated carbocycles. The van der Waals surface area contributed by atoms with Crippen LogP contribution in [-0.2, 0) is 0 Å². The van der Waals surface area contributed by atoms with Crippen LogP contribution in [0.4, 0.5) is 0 Å². The average molecular weight is 246 g/mol. The van der Waals surface area contributed by atoms with Gasteiger partial charge in [0.05, 0.1) is 6.21 Å². The first kappa shape index (κ1) is 11.8. The molecule has 0 saturated heterocycles. The summed E-state index contributed by atoms with van der Waals surface area (Å²) in [6, 6.07) is 7.57. The van der Waals surface area contributed by atoms with Crippen LogP contribution in [0.15, 0.2) is 34.2 Å². The number of aromatic nitrogens is 1. The molecule has 0 spiro atoms. The second-order valence-corrected chi connectivity index (χ2v) is 5.34. The van der Waals surface area contributed by atoms with Crippen molar-refractivity contribution in [2.45, 2.75) is 20.8 Å². The van der Waals surface area contributed by atoms with Gasteiger partial charge in [0.25, 0.3) is 5.56 Å². The van der Waals surface area contributed by atoms with Crippen molar-refractivity contribution in [1.29, 1.82) is 0 Å². The Labute approximate surface area is 104 Å². The maximum atomic E-state index is 11.7. The van der Waals surface area contributed by atoms with E-state index >= 15 is 0 Å². The molecule has 2 aromatic rings. The normalized spacial score (nSPS) is 11.2. The molecule has 0 fully saturated rings. The van der Waals surface area contributed by atoms with Gasteiger partial charge in [-0.2, -0.15) is 5.10 Å². The molecule has 0 amide bonds. The molecule has 4 heteroatoms. The fraction of sp³-hybridized carbons (Fsp3) is 0.231. The van der Waals surface area contributed by atoms with Crippen LogP contribution in [0.2, 0.25) is 0 Å². The minimum Gasteiger partial charge on any atom is -0.267 e. The van der Waals surface area contributed by atoms with Gasteiger partial charge in [0.15, 0.2) is 0 Å². The predicted molar refractivity (Wildman–Crippen MR) is 72.2 cm³/mol. The van der Waals surface area contributed by atoms with E-state index in [1.54, 1.807) is 23.6 Å². The highest BCUT2D eigenvalue weighted by Crippen LogP contribution is 2.12. The van der Waals surface area contributed by atoms with Gasteiger partial charge in [-0.1, -0.05) is 0 Å². The smallest absolute Gasteiger partial charge is 0.267 e. The van der Waals surface area contributed by atoms with E-state index in [-0.39, 0.29) is 5.56 Å². The second kappa shape index (κ2) is 4.67. The van der Waals surface area contributed by atoms with E-state index < -0.39 is 0 Å². The van der Waals surface area contributed by atoms with Gasteiger partial charge in [0, 0.05) is 21.5 Å². The van der Waals surface area contributed by atoms with Crippen LogP contribution >= 0.6 is 11.3 Å². The molecular formula is C13H14N2OS. The molecule has 0 radical (unpaired) electrons. The molecule has 3 nitrogen and oxygen atoms in total. The van der Waals surface area contributed by atoms with Gasteiger partial charge in [-0.25, -0.2) is 4.68 Å². The summed E-state index contributed by atoms with van der Waals surface area (Å²) in [5.74, 6) is 0. The molecule has 0 aliphatic carbocycles. The molecule has 2 aromatic heterocycles. The Morgan fingerprint density at radius 3 is 2.59 bits per heavy atom. The van der Waals surface area contributed by atoms with Gasteiger partial charge in [0.2, 0.25) is 0 Å². The van der Waals surface area contributed by atoms with Crippen molar-refractivity contribution in [2.75, 3.05) is 0 Å². The lowest BCUT2D eigenvalue weighted by Crippen LogP contribution is -2.18. The third-order valence-corrected chi connectivity index (χ3v) is 3.33. The van der Waals surface area contributed by atoms with Crippen LogP contribution in [0.1, 0.15) is 21.0 Å². The van der Waals surface area contributed by atoms with Crippen LogP contribution in [0.3, 0.4) is 0 Å². The number of rotatable bonds is 2. The fourth-order valence-electron chi connectivity index (χ4n) is 1.65. The van der Waals surface area contributed by atoms with Crippen molar-refractivity contribution < 1.29 is 0 Å². The molecule has 0 unspecified atom stereocenters. The van der Waals surface area contributed by atoms with Crippen LogP contribution in [0.5, 0.6) is 0 Å². The molecule has 0 bridgehead atoms. The van der Waals surface area contributed by atoms with Crippen molar-refractivity contribution in [1.82, 2.24) is 4.68 Å². The Hall–Kier alpha value is -1.68. The molecule has 0 aliphatic heterocycles. The lowest BCUT2D eigenvalue weighted by Gasteiger charge is -2.03. The lowest BCUT2D eigenvalue weighted by molar-refractivity contribution is 0.791. The van der Waals surface area contributed by atoms with Gasteiger partial charge >= 0.3 is 0 Å². The predicted octanol–water partition coefficient (Wildman–Crippen LogP) is 2.72. The Morgan fingerprint density at radius 1 is 1.24 bits per heavy atom. The summed E-state index contributed by atoms with van der Waals surface area (Å²) < 4.78 is 1.42. The van der Waals surface area contributed by atoms with Crippen LogP contribution < -0.4 is 5.56 Å². The summed E-state index contributed by atoms with van der Waals surface area (Å²) in [5.41, 5.74) is 1.72. The van der Waals surface area contributed by atoms with Gasteiger partial charge in [-0.15, -0.1) is 11.3 Å². The minimum atomic E-state index is -0.0907. The van der Waals surface area contributed by atoms with E-state index in [0.29, 0.717) is 0 Å². The number of nitrogens with zero attached hydrogens (tertiary/aromatic N) is 2. The van der Waals surface area contributed by atoms with Gasteiger partial charge in [0.1, 0.15) is 0 Å². The Morgan fingerprint density at radius 2 is 2.00 bits per heavy atom. The van der Waals surface area contributed by atoms with E-state index in [4.69, 9.17) is 0 Å². The molecule has 0 N–H and O–H groups in total. The van der Waals surface area contributed by atoms with Crippen molar-refractivity contribution in [2.24, 2.45) is 5.10 Å². The fourth-order valence-corrected chi connectivity index (χ4v) is 2.39. The molecule has 2 heterocycles. The third kappa shape index (κ3) is 2.71. The number of pyridine rings is 1. The van der Waals surface area contributed by atoms with Crippen LogP contribution in [0.25, 0.3) is 0 Å². The summed E-state index contributed by atoms with van der Waals surface area (Å²) in [6.45, 7) is 5.84. The highest BCUT2D eigenvalue weighted by atomic mass is 32.1. The molecule has 0 aliphatic rings. The Balaban J connectivity index is 2.36. The Kier molecular flexibility index (Phi) is 3.24. The quantitative estimate of drug-likeness (QED) is 0.750. The van der Waals surface area contributed by atoms with E-state index in [9.17, 15) is 4.79 Å². The molecule has 0 aromatic carbocycles. The van der Waals surface area contributed by atoms with Gasteiger partial charge in [-0.05, 0) is 44.5 Å². The van der Waals surface area contributed by atoms with Crippen molar-refractivity contribution in [3.8, 4) is 0 Å². The summed E-state index contributed by atoms with van der Waals surface area (Å²) in [6.07, 6.45) is 1.72. The van der Waals surface area contributed by atoms with E-state index in [1.807, 2.05) is 39.0 Å². The first-order chi connectivity index (χ1) is 8.06. The monoisotopic (exact) mass is 246 g/mol. The molecule has 88 valence electrons. The summed E-state index contributed by atoms with van der Waals surface area (Å²) >= 11 is 1.66. The first-order valence-corrected chi connectivity index (χ1v) is 6.19. The summed E-state index contributed by atoms with van der Waals surface area (Å²) in [5, 5.41) is 4.22. The van der Waals surface area contributed by atoms with E-state index in [1.165, 1.54) is 9.55 Å². The van der Waals surface area contributed by atoms with Crippen molar-refractivity contribution in [3.05, 3.63) is 55.6 Å². The SMILES string of the molecule is Cc1cc(C)n(/N=C/c2ccc(C)s2)c(=O)c1. The lowest BCUT2D eigenvalue weighted by atomic mass is 10.2. The first-order valence-electron chi connectivity index (χ1n) is 5.37. The van der Waals surface area contributed by atoms with Gasteiger partial charge < -0.3 is 0 Å². The standard InChI is InChI=1S/C13H14N2OS/c1-9-6-10(2)15(13(16)7-9)14-8-12-5-4-11(3)17-12/h4-8H,1-3H3/b14-8+. The number of thiophene rings is 1. The largest absolute Gasteiger partial charge is 0.271 e. The van der Waals surface area contributed by atoms with Crippen LogP contribution in [0, 0.1) is 20.8 Å². The number of hydrogen-bond acceptors (Lipinski definition) is 3. The third-order valence-electron chi connectivity index (χ3n) is 2.39. The molecule has 2 rings (SSSR count). The highest BCUT2D eigenvalue weighted by molar-refractivity contribution is 7.13. The van der Waals surface area contributed by atoms with E-state index in [2.05, 4.69) is 5.10 Å². The topological polar surface area (TPSA) is 34.4 Å². The highest BCUT2D eigenvalue weighted by Gasteiger charge is 1.99. The molecular weight excluding hydrogens is 232 g/mol. The average Bonchev–Trinajstić information content (AvgIpc) is 2.62. The zero-order valence-electron chi connectivity index (χ0n) is 10.1. The zero-order chi connectivity index (χ0) is 12.4. The molecule has 0 atom stereocenters. The number of aryl methyl sites for hydroxylation is 3. The van der Waals surface area contributed by atoms with E-state index in [0.717, 1.165) is 16.1 Å². The van der Waals surface area contributed by atoms with Gasteiger partial charge in [-0.3, -0.25) is 4.79 Å². The zero-order valence-corrected chi connectivity index (χ0v) is 10.9. The molecule has 17 heavy (non-hydrogen) atoms. The minimum absolute atomic E-state index is 0.0907. The number of hydrogen-bond donors (Lipinski definition) is 0. The maximum absolute atomic E-state index is 11.7. The second-order valence-electron chi connectivity index (χ2n) is 4.02. The summed E-state index contributed by atoms with van der Waals surface area (Å²) in [4.78, 5) is 14.0. The van der Waals surface area contributed by atoms with Crippen LogP contribution in [-0.4, -0.2) is 10.9 Å².